The maximum Gasteiger partial charge on any atom is 0.119 e. The molecular formula is C12H18O5. The maximum atomic E-state index is 9.62. The van der Waals surface area contributed by atoms with Crippen LogP contribution in [0.5, 0.6) is 5.75 Å². The highest BCUT2D eigenvalue weighted by Crippen LogP contribution is 2.20. The van der Waals surface area contributed by atoms with E-state index in [1.54, 1.807) is 31.4 Å². The van der Waals surface area contributed by atoms with Crippen molar-refractivity contribution in [2.24, 2.45) is 0 Å². The monoisotopic (exact) mass is 242 g/mol. The summed E-state index contributed by atoms with van der Waals surface area (Å²) in [6.07, 6.45) is -2.26. The molecule has 1 rings (SSSR count). The lowest BCUT2D eigenvalue weighted by Gasteiger charge is -2.16. The fraction of sp³-hybridized carbons (Fsp3) is 0.500. The van der Waals surface area contributed by atoms with E-state index in [0.717, 1.165) is 0 Å². The normalized spacial score (nSPS) is 14.4. The molecule has 0 aliphatic carbocycles. The first kappa shape index (κ1) is 13.9. The summed E-state index contributed by atoms with van der Waals surface area (Å²) in [6.45, 7) is 0.485. The maximum absolute atomic E-state index is 9.62. The molecule has 3 N–H and O–H groups in total. The number of rotatable bonds is 7. The van der Waals surface area contributed by atoms with Gasteiger partial charge in [0.2, 0.25) is 0 Å². The molecule has 0 aliphatic heterocycles. The SMILES string of the molecule is COCCOc1ccc(C(O)C(O)CO)cc1. The van der Waals surface area contributed by atoms with Crippen molar-refractivity contribution in [1.82, 2.24) is 0 Å². The highest BCUT2D eigenvalue weighted by Gasteiger charge is 2.16. The molecule has 0 saturated carbocycles. The zero-order valence-electron chi connectivity index (χ0n) is 9.74. The highest BCUT2D eigenvalue weighted by atomic mass is 16.5. The van der Waals surface area contributed by atoms with E-state index in [4.69, 9.17) is 14.6 Å². The van der Waals surface area contributed by atoms with Crippen LogP contribution in [-0.2, 0) is 4.74 Å². The Morgan fingerprint density at radius 2 is 1.76 bits per heavy atom. The van der Waals surface area contributed by atoms with Gasteiger partial charge in [-0.25, -0.2) is 0 Å². The third-order valence-corrected chi connectivity index (χ3v) is 2.33. The van der Waals surface area contributed by atoms with Crippen LogP contribution < -0.4 is 4.74 Å². The van der Waals surface area contributed by atoms with Crippen molar-refractivity contribution in [3.63, 3.8) is 0 Å². The van der Waals surface area contributed by atoms with Crippen LogP contribution in [0.3, 0.4) is 0 Å². The summed E-state index contributed by atoms with van der Waals surface area (Å²) in [7, 11) is 1.60. The Labute approximate surface area is 100 Å². The van der Waals surface area contributed by atoms with Gasteiger partial charge in [-0.1, -0.05) is 12.1 Å². The summed E-state index contributed by atoms with van der Waals surface area (Å²) in [5.41, 5.74) is 0.533. The van der Waals surface area contributed by atoms with Crippen LogP contribution in [0, 0.1) is 0 Å². The number of aliphatic hydroxyl groups is 3. The van der Waals surface area contributed by atoms with Gasteiger partial charge < -0.3 is 24.8 Å². The Bertz CT molecular complexity index is 311. The van der Waals surface area contributed by atoms with E-state index >= 15 is 0 Å². The van der Waals surface area contributed by atoms with Gasteiger partial charge in [0.25, 0.3) is 0 Å². The van der Waals surface area contributed by atoms with Crippen LogP contribution in [0.1, 0.15) is 11.7 Å². The molecule has 96 valence electrons. The molecule has 17 heavy (non-hydrogen) atoms. The molecule has 5 heteroatoms. The van der Waals surface area contributed by atoms with Crippen molar-refractivity contribution in [2.45, 2.75) is 12.2 Å². The number of methoxy groups -OCH3 is 1. The fourth-order valence-corrected chi connectivity index (χ4v) is 1.33. The van der Waals surface area contributed by atoms with Crippen LogP contribution in [0.2, 0.25) is 0 Å². The predicted octanol–water partition coefficient (Wildman–Crippen LogP) is 0.0984. The van der Waals surface area contributed by atoms with Gasteiger partial charge in [0.05, 0.1) is 13.2 Å². The fourth-order valence-electron chi connectivity index (χ4n) is 1.33. The van der Waals surface area contributed by atoms with Crippen molar-refractivity contribution in [3.05, 3.63) is 29.8 Å². The summed E-state index contributed by atoms with van der Waals surface area (Å²) >= 11 is 0. The molecule has 0 saturated heterocycles. The molecule has 0 radical (unpaired) electrons. The Hall–Kier alpha value is -1.14. The van der Waals surface area contributed by atoms with Crippen LogP contribution in [0.25, 0.3) is 0 Å². The van der Waals surface area contributed by atoms with E-state index in [2.05, 4.69) is 0 Å². The molecule has 0 aliphatic rings. The molecule has 1 aromatic rings. The van der Waals surface area contributed by atoms with E-state index in [1.165, 1.54) is 0 Å². The zero-order chi connectivity index (χ0) is 12.7. The van der Waals surface area contributed by atoms with Gasteiger partial charge in [0, 0.05) is 7.11 Å². The lowest BCUT2D eigenvalue weighted by molar-refractivity contribution is -0.0152. The minimum absolute atomic E-state index is 0.456. The molecule has 0 amide bonds. The summed E-state index contributed by atoms with van der Waals surface area (Å²) in [4.78, 5) is 0. The smallest absolute Gasteiger partial charge is 0.119 e. The van der Waals surface area contributed by atoms with Gasteiger partial charge in [-0.2, -0.15) is 0 Å². The first-order chi connectivity index (χ1) is 8.19. The molecule has 0 fully saturated rings. The molecule has 0 heterocycles. The Balaban J connectivity index is 2.55. The first-order valence-electron chi connectivity index (χ1n) is 5.37. The molecule has 0 aromatic heterocycles. The van der Waals surface area contributed by atoms with Gasteiger partial charge >= 0.3 is 0 Å². The van der Waals surface area contributed by atoms with Gasteiger partial charge in [-0.05, 0) is 17.7 Å². The average molecular weight is 242 g/mol. The Morgan fingerprint density at radius 1 is 1.12 bits per heavy atom. The zero-order valence-corrected chi connectivity index (χ0v) is 9.74. The molecule has 0 bridgehead atoms. The Kier molecular flexibility index (Phi) is 5.93. The minimum atomic E-state index is -1.17. The predicted molar refractivity (Wildman–Crippen MR) is 61.9 cm³/mol. The van der Waals surface area contributed by atoms with Crippen LogP contribution in [0.15, 0.2) is 24.3 Å². The summed E-state index contributed by atoms with van der Waals surface area (Å²) < 4.78 is 10.2. The van der Waals surface area contributed by atoms with Crippen molar-refractivity contribution in [2.75, 3.05) is 26.9 Å². The van der Waals surface area contributed by atoms with Crippen molar-refractivity contribution in [3.8, 4) is 5.75 Å². The molecule has 2 atom stereocenters. The number of hydrogen-bond acceptors (Lipinski definition) is 5. The van der Waals surface area contributed by atoms with Crippen LogP contribution in [0.4, 0.5) is 0 Å². The second-order valence-corrected chi connectivity index (χ2v) is 3.61. The number of benzene rings is 1. The Morgan fingerprint density at radius 3 is 2.29 bits per heavy atom. The lowest BCUT2D eigenvalue weighted by Crippen LogP contribution is -2.21. The minimum Gasteiger partial charge on any atom is -0.491 e. The van der Waals surface area contributed by atoms with Crippen molar-refractivity contribution < 1.29 is 24.8 Å². The average Bonchev–Trinajstić information content (AvgIpc) is 2.38. The molecule has 0 spiro atoms. The van der Waals surface area contributed by atoms with Crippen LogP contribution >= 0.6 is 0 Å². The van der Waals surface area contributed by atoms with Gasteiger partial charge in [0.15, 0.2) is 0 Å². The van der Waals surface area contributed by atoms with E-state index in [1.807, 2.05) is 0 Å². The number of ether oxygens (including phenoxy) is 2. The number of aliphatic hydroxyl groups excluding tert-OH is 3. The van der Waals surface area contributed by atoms with Crippen LogP contribution in [-0.4, -0.2) is 48.4 Å². The van der Waals surface area contributed by atoms with Gasteiger partial charge in [-0.3, -0.25) is 0 Å². The van der Waals surface area contributed by atoms with E-state index in [-0.39, 0.29) is 0 Å². The van der Waals surface area contributed by atoms with Crippen molar-refractivity contribution >= 4 is 0 Å². The largest absolute Gasteiger partial charge is 0.491 e. The third-order valence-electron chi connectivity index (χ3n) is 2.33. The number of hydrogen-bond donors (Lipinski definition) is 3. The quantitative estimate of drug-likeness (QED) is 0.591. The third kappa shape index (κ3) is 4.32. The molecule has 5 nitrogen and oxygen atoms in total. The highest BCUT2D eigenvalue weighted by molar-refractivity contribution is 5.28. The van der Waals surface area contributed by atoms with E-state index in [9.17, 15) is 10.2 Å². The topological polar surface area (TPSA) is 79.2 Å². The van der Waals surface area contributed by atoms with Gasteiger partial charge in [-0.15, -0.1) is 0 Å². The summed E-state index contributed by atoms with van der Waals surface area (Å²) in [5.74, 6) is 0.663. The van der Waals surface area contributed by atoms with E-state index < -0.39 is 18.8 Å². The molecule has 1 aromatic carbocycles. The van der Waals surface area contributed by atoms with E-state index in [0.29, 0.717) is 24.5 Å². The second kappa shape index (κ2) is 7.24. The summed E-state index contributed by atoms with van der Waals surface area (Å²) in [6, 6.07) is 6.67. The summed E-state index contributed by atoms with van der Waals surface area (Å²) in [5, 5.41) is 27.6. The van der Waals surface area contributed by atoms with Gasteiger partial charge in [0.1, 0.15) is 24.6 Å². The molecule has 2 unspecified atom stereocenters. The molecular weight excluding hydrogens is 224 g/mol. The lowest BCUT2D eigenvalue weighted by atomic mass is 10.1. The standard InChI is InChI=1S/C12H18O5/c1-16-6-7-17-10-4-2-9(3-5-10)12(15)11(14)8-13/h2-5,11-15H,6-8H2,1H3. The first-order valence-corrected chi connectivity index (χ1v) is 5.37. The van der Waals surface area contributed by atoms with Crippen molar-refractivity contribution in [1.29, 1.82) is 0 Å². The second-order valence-electron chi connectivity index (χ2n) is 3.61.